The van der Waals surface area contributed by atoms with Gasteiger partial charge in [0.05, 0.1) is 23.9 Å². The first-order valence-electron chi connectivity index (χ1n) is 10.1. The van der Waals surface area contributed by atoms with Crippen molar-refractivity contribution in [2.24, 2.45) is 0 Å². The summed E-state index contributed by atoms with van der Waals surface area (Å²) >= 11 is 0. The highest BCUT2D eigenvalue weighted by atomic mass is 19.4. The summed E-state index contributed by atoms with van der Waals surface area (Å²) in [5.41, 5.74) is 0.602. The second-order valence-corrected chi connectivity index (χ2v) is 7.07. The molecule has 0 aliphatic heterocycles. The number of oxazole rings is 1. The quantitative estimate of drug-likeness (QED) is 0.355. The summed E-state index contributed by atoms with van der Waals surface area (Å²) in [6.45, 7) is 2.46. The lowest BCUT2D eigenvalue weighted by Gasteiger charge is -2.11. The van der Waals surface area contributed by atoms with E-state index in [2.05, 4.69) is 10.3 Å². The minimum Gasteiger partial charge on any atom is -0.494 e. The highest BCUT2D eigenvalue weighted by Gasteiger charge is 2.30. The van der Waals surface area contributed by atoms with Gasteiger partial charge in [0.2, 0.25) is 5.89 Å². The van der Waals surface area contributed by atoms with E-state index in [9.17, 15) is 18.0 Å². The normalized spacial score (nSPS) is 11.3. The molecule has 0 saturated carbocycles. The molecule has 3 aromatic carbocycles. The Hall–Kier alpha value is -4.07. The van der Waals surface area contributed by atoms with Crippen LogP contribution in [0.2, 0.25) is 0 Å². The Morgan fingerprint density at radius 3 is 2.52 bits per heavy atom. The molecule has 0 saturated heterocycles. The zero-order valence-corrected chi connectivity index (χ0v) is 17.5. The third-order valence-corrected chi connectivity index (χ3v) is 4.81. The third-order valence-electron chi connectivity index (χ3n) is 4.81. The topological polar surface area (TPSA) is 64.4 Å². The predicted molar refractivity (Wildman–Crippen MR) is 118 cm³/mol. The molecule has 8 heteroatoms. The molecule has 0 unspecified atom stereocenters. The molecule has 1 N–H and O–H groups in total. The number of halogens is 3. The van der Waals surface area contributed by atoms with Crippen molar-refractivity contribution in [3.8, 4) is 28.5 Å². The average Bonchev–Trinajstić information content (AvgIpc) is 3.30. The lowest BCUT2D eigenvalue weighted by Crippen LogP contribution is -2.14. The molecule has 1 aromatic heterocycles. The van der Waals surface area contributed by atoms with Gasteiger partial charge in [0.25, 0.3) is 5.91 Å². The molecule has 5 nitrogen and oxygen atoms in total. The van der Waals surface area contributed by atoms with E-state index >= 15 is 0 Å². The maximum atomic E-state index is 13.0. The molecule has 4 rings (SSSR count). The standard InChI is InChI=1S/C25H19F3N2O3/c1-2-32-19-12-10-16(11-13-19)22-15-29-24(33-22)21-9-4-3-8-20(21)23(31)30-18-7-5-6-17(14-18)25(26,27)28/h3-15H,2H2,1H3,(H,30,31). The van der Waals surface area contributed by atoms with Crippen LogP contribution in [-0.4, -0.2) is 17.5 Å². The van der Waals surface area contributed by atoms with Gasteiger partial charge in [-0.1, -0.05) is 18.2 Å². The Morgan fingerprint density at radius 1 is 1.03 bits per heavy atom. The van der Waals surface area contributed by atoms with Crippen molar-refractivity contribution in [3.05, 3.63) is 90.1 Å². The van der Waals surface area contributed by atoms with Gasteiger partial charge in [-0.05, 0) is 61.5 Å². The molecule has 0 radical (unpaired) electrons. The molecular formula is C25H19F3N2O3. The number of hydrogen-bond donors (Lipinski definition) is 1. The van der Waals surface area contributed by atoms with Crippen molar-refractivity contribution in [3.63, 3.8) is 0 Å². The Labute approximate surface area is 187 Å². The molecule has 33 heavy (non-hydrogen) atoms. The molecule has 0 fully saturated rings. The van der Waals surface area contributed by atoms with Crippen molar-refractivity contribution < 1.29 is 27.1 Å². The molecule has 0 aliphatic rings. The second kappa shape index (κ2) is 9.20. The van der Waals surface area contributed by atoms with Gasteiger partial charge in [0, 0.05) is 16.8 Å². The molecule has 1 amide bonds. The van der Waals surface area contributed by atoms with Gasteiger partial charge in [0.15, 0.2) is 5.76 Å². The van der Waals surface area contributed by atoms with Crippen molar-refractivity contribution in [1.29, 1.82) is 0 Å². The summed E-state index contributed by atoms with van der Waals surface area (Å²) in [4.78, 5) is 17.2. The Kier molecular flexibility index (Phi) is 6.17. The molecule has 0 bridgehead atoms. The van der Waals surface area contributed by atoms with Crippen LogP contribution in [-0.2, 0) is 6.18 Å². The molecule has 0 spiro atoms. The van der Waals surface area contributed by atoms with Gasteiger partial charge in [-0.2, -0.15) is 13.2 Å². The largest absolute Gasteiger partial charge is 0.494 e. The number of anilines is 1. The summed E-state index contributed by atoms with van der Waals surface area (Å²) in [7, 11) is 0. The van der Waals surface area contributed by atoms with E-state index < -0.39 is 17.6 Å². The average molecular weight is 452 g/mol. The minimum atomic E-state index is -4.51. The summed E-state index contributed by atoms with van der Waals surface area (Å²) in [6, 6.07) is 18.4. The van der Waals surface area contributed by atoms with E-state index in [0.29, 0.717) is 17.9 Å². The number of ether oxygens (including phenoxy) is 1. The first kappa shape index (κ1) is 22.1. The van der Waals surface area contributed by atoms with Crippen LogP contribution in [0.15, 0.2) is 83.4 Å². The zero-order chi connectivity index (χ0) is 23.4. The number of carbonyl (C=O) groups is 1. The van der Waals surface area contributed by atoms with Gasteiger partial charge < -0.3 is 14.5 Å². The first-order valence-corrected chi connectivity index (χ1v) is 10.1. The van der Waals surface area contributed by atoms with E-state index in [4.69, 9.17) is 9.15 Å². The van der Waals surface area contributed by atoms with Crippen LogP contribution in [0, 0.1) is 0 Å². The smallest absolute Gasteiger partial charge is 0.416 e. The molecule has 4 aromatic rings. The van der Waals surface area contributed by atoms with E-state index in [1.807, 2.05) is 31.2 Å². The van der Waals surface area contributed by atoms with Gasteiger partial charge in [-0.15, -0.1) is 0 Å². The highest BCUT2D eigenvalue weighted by molar-refractivity contribution is 6.08. The highest BCUT2D eigenvalue weighted by Crippen LogP contribution is 2.32. The lowest BCUT2D eigenvalue weighted by atomic mass is 10.1. The van der Waals surface area contributed by atoms with Gasteiger partial charge in [-0.25, -0.2) is 4.98 Å². The number of nitrogens with one attached hydrogen (secondary N) is 1. The SMILES string of the molecule is CCOc1ccc(-c2cnc(-c3ccccc3C(=O)Nc3cccc(C(F)(F)F)c3)o2)cc1. The van der Waals surface area contributed by atoms with Crippen LogP contribution in [0.4, 0.5) is 18.9 Å². The van der Waals surface area contributed by atoms with Crippen LogP contribution in [0.3, 0.4) is 0 Å². The minimum absolute atomic E-state index is 0.0344. The number of nitrogens with zero attached hydrogens (tertiary/aromatic N) is 1. The molecular weight excluding hydrogens is 433 g/mol. The Bertz CT molecular complexity index is 1260. The van der Waals surface area contributed by atoms with Crippen LogP contribution >= 0.6 is 0 Å². The Balaban J connectivity index is 1.59. The second-order valence-electron chi connectivity index (χ2n) is 7.07. The van der Waals surface area contributed by atoms with Crippen molar-refractivity contribution in [1.82, 2.24) is 4.98 Å². The van der Waals surface area contributed by atoms with Crippen molar-refractivity contribution in [2.75, 3.05) is 11.9 Å². The number of aromatic nitrogens is 1. The van der Waals surface area contributed by atoms with Crippen LogP contribution in [0.25, 0.3) is 22.8 Å². The predicted octanol–water partition coefficient (Wildman–Crippen LogP) is 6.68. The van der Waals surface area contributed by atoms with E-state index in [1.54, 1.807) is 30.5 Å². The lowest BCUT2D eigenvalue weighted by molar-refractivity contribution is -0.137. The third kappa shape index (κ3) is 5.06. The number of carbonyl (C=O) groups excluding carboxylic acids is 1. The number of hydrogen-bond acceptors (Lipinski definition) is 4. The van der Waals surface area contributed by atoms with Crippen LogP contribution < -0.4 is 10.1 Å². The number of alkyl halides is 3. The monoisotopic (exact) mass is 452 g/mol. The molecule has 1 heterocycles. The molecule has 0 aliphatic carbocycles. The fraction of sp³-hybridized carbons (Fsp3) is 0.120. The molecule has 0 atom stereocenters. The first-order chi connectivity index (χ1) is 15.8. The molecule has 168 valence electrons. The van der Waals surface area contributed by atoms with E-state index in [-0.39, 0.29) is 17.1 Å². The number of rotatable bonds is 6. The summed E-state index contributed by atoms with van der Waals surface area (Å²) < 4.78 is 50.2. The zero-order valence-electron chi connectivity index (χ0n) is 17.5. The van der Waals surface area contributed by atoms with Crippen molar-refractivity contribution >= 4 is 11.6 Å². The fourth-order valence-electron chi connectivity index (χ4n) is 3.25. The van der Waals surface area contributed by atoms with Crippen LogP contribution in [0.5, 0.6) is 5.75 Å². The number of benzene rings is 3. The van der Waals surface area contributed by atoms with Gasteiger partial charge >= 0.3 is 6.18 Å². The van der Waals surface area contributed by atoms with Crippen LogP contribution in [0.1, 0.15) is 22.8 Å². The van der Waals surface area contributed by atoms with Gasteiger partial charge in [0.1, 0.15) is 5.75 Å². The van der Waals surface area contributed by atoms with Gasteiger partial charge in [-0.3, -0.25) is 4.79 Å². The van der Waals surface area contributed by atoms with E-state index in [0.717, 1.165) is 23.4 Å². The van der Waals surface area contributed by atoms with E-state index in [1.165, 1.54) is 12.1 Å². The number of amides is 1. The maximum Gasteiger partial charge on any atom is 0.416 e. The summed E-state index contributed by atoms with van der Waals surface area (Å²) in [6.07, 6.45) is -2.96. The Morgan fingerprint density at radius 2 is 1.79 bits per heavy atom. The summed E-state index contributed by atoms with van der Waals surface area (Å²) in [5.74, 6) is 0.873. The maximum absolute atomic E-state index is 13.0. The van der Waals surface area contributed by atoms with Crippen molar-refractivity contribution in [2.45, 2.75) is 13.1 Å². The fourth-order valence-corrected chi connectivity index (χ4v) is 3.25. The summed E-state index contributed by atoms with van der Waals surface area (Å²) in [5, 5.41) is 2.52.